The van der Waals surface area contributed by atoms with Gasteiger partial charge in [-0.1, -0.05) is 0 Å². The fraction of sp³-hybridized carbons (Fsp3) is 0.556. The molecule has 0 fully saturated rings. The van der Waals surface area contributed by atoms with E-state index in [9.17, 15) is 9.59 Å². The summed E-state index contributed by atoms with van der Waals surface area (Å²) < 4.78 is 6.11. The summed E-state index contributed by atoms with van der Waals surface area (Å²) in [6.45, 7) is 5.14. The van der Waals surface area contributed by atoms with E-state index in [1.54, 1.807) is 14.0 Å². The van der Waals surface area contributed by atoms with Gasteiger partial charge in [0.1, 0.15) is 12.1 Å². The number of aromatic nitrogens is 3. The fourth-order valence-electron chi connectivity index (χ4n) is 0.628. The van der Waals surface area contributed by atoms with Gasteiger partial charge >= 0.3 is 5.97 Å². The van der Waals surface area contributed by atoms with E-state index >= 15 is 0 Å². The zero-order valence-corrected chi connectivity index (χ0v) is 9.35. The predicted octanol–water partition coefficient (Wildman–Crippen LogP) is 0.587. The van der Waals surface area contributed by atoms with Crippen LogP contribution >= 0.6 is 0 Å². The summed E-state index contributed by atoms with van der Waals surface area (Å²) in [5.41, 5.74) is 0. The lowest BCUT2D eigenvalue weighted by Crippen LogP contribution is -2.07. The highest BCUT2D eigenvalue weighted by Gasteiger charge is 2.10. The lowest BCUT2D eigenvalue weighted by molar-refractivity contribution is -0.114. The van der Waals surface area contributed by atoms with E-state index < -0.39 is 5.97 Å². The molecule has 0 saturated heterocycles. The number of rotatable bonds is 2. The number of carbonyl (C=O) groups is 2. The number of ketones is 1. The third-order valence-electron chi connectivity index (χ3n) is 1.06. The Labute approximate surface area is 88.3 Å². The molecule has 0 aliphatic rings. The standard InChI is InChI=1S/C6H9N3O2.C3H6O/c1-3-11-6(10)5-7-4-9(2)8-5;1-3(2)4/h4H,3H2,1-2H3;1-2H3. The van der Waals surface area contributed by atoms with Gasteiger partial charge in [-0.15, -0.1) is 5.10 Å². The Morgan fingerprint density at radius 3 is 2.33 bits per heavy atom. The second-order valence-corrected chi connectivity index (χ2v) is 2.87. The summed E-state index contributed by atoms with van der Waals surface area (Å²) in [5.74, 6) is -0.206. The van der Waals surface area contributed by atoms with Crippen LogP contribution in [0.25, 0.3) is 0 Å². The molecule has 0 N–H and O–H groups in total. The molecule has 0 bridgehead atoms. The minimum atomic E-state index is -0.479. The van der Waals surface area contributed by atoms with Gasteiger partial charge in [-0.05, 0) is 20.8 Å². The molecule has 1 aromatic rings. The highest BCUT2D eigenvalue weighted by Crippen LogP contribution is 1.91. The fourth-order valence-corrected chi connectivity index (χ4v) is 0.628. The van der Waals surface area contributed by atoms with Crippen molar-refractivity contribution in [1.29, 1.82) is 0 Å². The summed E-state index contributed by atoms with van der Waals surface area (Å²) in [6, 6.07) is 0. The second-order valence-electron chi connectivity index (χ2n) is 2.87. The molecule has 15 heavy (non-hydrogen) atoms. The summed E-state index contributed by atoms with van der Waals surface area (Å²) >= 11 is 0. The topological polar surface area (TPSA) is 74.1 Å². The van der Waals surface area contributed by atoms with Crippen LogP contribution in [-0.4, -0.2) is 33.1 Å². The largest absolute Gasteiger partial charge is 0.460 e. The summed E-state index contributed by atoms with van der Waals surface area (Å²) in [7, 11) is 1.69. The minimum absolute atomic E-state index is 0.106. The monoisotopic (exact) mass is 213 g/mol. The Balaban J connectivity index is 0.000000423. The molecule has 6 heteroatoms. The zero-order chi connectivity index (χ0) is 11.8. The Morgan fingerprint density at radius 1 is 1.47 bits per heavy atom. The first kappa shape index (κ1) is 13.3. The zero-order valence-electron chi connectivity index (χ0n) is 9.35. The molecule has 0 radical (unpaired) electrons. The van der Waals surface area contributed by atoms with Crippen molar-refractivity contribution in [2.24, 2.45) is 7.05 Å². The van der Waals surface area contributed by atoms with E-state index in [2.05, 4.69) is 14.8 Å². The summed E-state index contributed by atoms with van der Waals surface area (Å²) in [6.07, 6.45) is 1.45. The number of nitrogens with zero attached hydrogens (tertiary/aromatic N) is 3. The molecule has 0 unspecified atom stereocenters. The number of carbonyl (C=O) groups excluding carboxylic acids is 2. The molecule has 0 atom stereocenters. The number of hydrogen-bond acceptors (Lipinski definition) is 5. The van der Waals surface area contributed by atoms with Crippen LogP contribution in [0.5, 0.6) is 0 Å². The molecule has 0 saturated carbocycles. The van der Waals surface area contributed by atoms with Crippen molar-refractivity contribution in [3.63, 3.8) is 0 Å². The lowest BCUT2D eigenvalue weighted by atomic mass is 10.6. The number of aryl methyl sites for hydroxylation is 1. The van der Waals surface area contributed by atoms with E-state index in [1.165, 1.54) is 24.9 Å². The van der Waals surface area contributed by atoms with Crippen molar-refractivity contribution in [2.75, 3.05) is 6.61 Å². The number of Topliss-reactive ketones (excluding diaryl/α,β-unsaturated/α-hetero) is 1. The third kappa shape index (κ3) is 6.36. The van der Waals surface area contributed by atoms with E-state index in [1.807, 2.05) is 0 Å². The van der Waals surface area contributed by atoms with Crippen LogP contribution in [0, 0.1) is 0 Å². The van der Waals surface area contributed by atoms with Gasteiger partial charge in [0.25, 0.3) is 5.82 Å². The van der Waals surface area contributed by atoms with E-state index in [-0.39, 0.29) is 11.6 Å². The van der Waals surface area contributed by atoms with Gasteiger partial charge in [-0.3, -0.25) is 4.68 Å². The quantitative estimate of drug-likeness (QED) is 0.672. The van der Waals surface area contributed by atoms with E-state index in [4.69, 9.17) is 0 Å². The van der Waals surface area contributed by atoms with Crippen LogP contribution in [0.1, 0.15) is 31.4 Å². The van der Waals surface area contributed by atoms with Crippen LogP contribution in [0.2, 0.25) is 0 Å². The van der Waals surface area contributed by atoms with Crippen LogP contribution in [-0.2, 0) is 16.6 Å². The van der Waals surface area contributed by atoms with Crippen molar-refractivity contribution in [3.8, 4) is 0 Å². The molecule has 6 nitrogen and oxygen atoms in total. The van der Waals surface area contributed by atoms with Crippen molar-refractivity contribution in [2.45, 2.75) is 20.8 Å². The van der Waals surface area contributed by atoms with E-state index in [0.717, 1.165) is 0 Å². The molecular weight excluding hydrogens is 198 g/mol. The van der Waals surface area contributed by atoms with Crippen LogP contribution in [0.15, 0.2) is 6.33 Å². The maximum atomic E-state index is 10.9. The Hall–Kier alpha value is -1.72. The minimum Gasteiger partial charge on any atom is -0.460 e. The van der Waals surface area contributed by atoms with Gasteiger partial charge in [0.05, 0.1) is 6.61 Å². The number of esters is 1. The van der Waals surface area contributed by atoms with Gasteiger partial charge in [-0.2, -0.15) is 0 Å². The average Bonchev–Trinajstić information content (AvgIpc) is 2.51. The molecule has 0 aromatic carbocycles. The molecule has 0 aliphatic heterocycles. The smallest absolute Gasteiger partial charge is 0.378 e. The van der Waals surface area contributed by atoms with Crippen molar-refractivity contribution < 1.29 is 14.3 Å². The average molecular weight is 213 g/mol. The third-order valence-corrected chi connectivity index (χ3v) is 1.06. The Bertz CT molecular complexity index is 329. The molecule has 0 amide bonds. The molecule has 84 valence electrons. The van der Waals surface area contributed by atoms with Gasteiger partial charge in [0.15, 0.2) is 0 Å². The first-order chi connectivity index (χ1) is 6.97. The lowest BCUT2D eigenvalue weighted by Gasteiger charge is -1.94. The van der Waals surface area contributed by atoms with Gasteiger partial charge < -0.3 is 9.53 Å². The second kappa shape index (κ2) is 6.69. The van der Waals surface area contributed by atoms with Gasteiger partial charge in [0, 0.05) is 7.05 Å². The molecule has 0 aliphatic carbocycles. The highest BCUT2D eigenvalue weighted by molar-refractivity contribution is 5.84. The molecular formula is C9H15N3O3. The number of ether oxygens (including phenoxy) is 1. The van der Waals surface area contributed by atoms with Crippen molar-refractivity contribution >= 4 is 11.8 Å². The van der Waals surface area contributed by atoms with Crippen LogP contribution in [0.4, 0.5) is 0 Å². The molecule has 1 aromatic heterocycles. The Morgan fingerprint density at radius 2 is 2.00 bits per heavy atom. The predicted molar refractivity (Wildman–Crippen MR) is 53.3 cm³/mol. The first-order valence-electron chi connectivity index (χ1n) is 4.47. The normalized spacial score (nSPS) is 8.80. The van der Waals surface area contributed by atoms with Gasteiger partial charge in [0.2, 0.25) is 0 Å². The first-order valence-corrected chi connectivity index (χ1v) is 4.47. The maximum absolute atomic E-state index is 10.9. The summed E-state index contributed by atoms with van der Waals surface area (Å²) in [4.78, 5) is 24.1. The maximum Gasteiger partial charge on any atom is 0.378 e. The molecule has 1 heterocycles. The SMILES string of the molecule is CC(C)=O.CCOC(=O)c1ncn(C)n1. The van der Waals surface area contributed by atoms with Crippen LogP contribution < -0.4 is 0 Å². The van der Waals surface area contributed by atoms with Gasteiger partial charge in [-0.25, -0.2) is 9.78 Å². The van der Waals surface area contributed by atoms with Crippen molar-refractivity contribution in [3.05, 3.63) is 12.2 Å². The summed E-state index contributed by atoms with van der Waals surface area (Å²) in [5, 5.41) is 3.76. The van der Waals surface area contributed by atoms with E-state index in [0.29, 0.717) is 6.61 Å². The molecule has 0 spiro atoms. The Kier molecular flexibility index (Phi) is 5.92. The molecule has 1 rings (SSSR count). The van der Waals surface area contributed by atoms with Crippen molar-refractivity contribution in [1.82, 2.24) is 14.8 Å². The highest BCUT2D eigenvalue weighted by atomic mass is 16.5. The number of hydrogen-bond donors (Lipinski definition) is 0. The van der Waals surface area contributed by atoms with Crippen LogP contribution in [0.3, 0.4) is 0 Å².